The first-order valence-corrected chi connectivity index (χ1v) is 12.1. The normalized spacial score (nSPS) is 14.7. The average molecular weight is 443 g/mol. The lowest BCUT2D eigenvalue weighted by atomic mass is 10.1. The Balaban J connectivity index is 1.31. The zero-order valence-electron chi connectivity index (χ0n) is 16.3. The Hall–Kier alpha value is -2.62. The first-order chi connectivity index (χ1) is 14.5. The number of anilines is 1. The Labute approximate surface area is 179 Å². The van der Waals surface area contributed by atoms with E-state index in [1.807, 2.05) is 17.5 Å². The summed E-state index contributed by atoms with van der Waals surface area (Å²) in [6.45, 7) is 1.17. The maximum Gasteiger partial charge on any atom is 0.243 e. The highest BCUT2D eigenvalue weighted by Crippen LogP contribution is 2.24. The van der Waals surface area contributed by atoms with E-state index in [-0.39, 0.29) is 5.91 Å². The van der Waals surface area contributed by atoms with Gasteiger partial charge in [0.25, 0.3) is 0 Å². The second-order valence-electron chi connectivity index (χ2n) is 7.08. The molecule has 0 unspecified atom stereocenters. The Bertz CT molecular complexity index is 1110. The molecule has 30 heavy (non-hydrogen) atoms. The fraction of sp³-hybridized carbons (Fsp3) is 0.286. The zero-order chi connectivity index (χ0) is 21.0. The van der Waals surface area contributed by atoms with Gasteiger partial charge >= 0.3 is 0 Å². The highest BCUT2D eigenvalue weighted by molar-refractivity contribution is 7.89. The molecule has 1 amide bonds. The molecule has 0 atom stereocenters. The van der Waals surface area contributed by atoms with Gasteiger partial charge in [0.15, 0.2) is 5.13 Å². The van der Waals surface area contributed by atoms with E-state index < -0.39 is 10.0 Å². The first-order valence-electron chi connectivity index (χ1n) is 9.77. The largest absolute Gasteiger partial charge is 0.302 e. The zero-order valence-corrected chi connectivity index (χ0v) is 18.0. The van der Waals surface area contributed by atoms with Crippen LogP contribution >= 0.6 is 11.3 Å². The number of hydrogen-bond donors (Lipinski definition) is 1. The van der Waals surface area contributed by atoms with E-state index in [2.05, 4.69) is 15.3 Å². The van der Waals surface area contributed by atoms with Crippen LogP contribution in [0.15, 0.2) is 59.1 Å². The van der Waals surface area contributed by atoms with Gasteiger partial charge in [-0.05, 0) is 49.1 Å². The first kappa shape index (κ1) is 20.6. The monoisotopic (exact) mass is 442 g/mol. The number of thiazole rings is 1. The maximum atomic E-state index is 12.6. The molecule has 0 radical (unpaired) electrons. The summed E-state index contributed by atoms with van der Waals surface area (Å²) < 4.78 is 26.7. The van der Waals surface area contributed by atoms with Crippen molar-refractivity contribution in [3.8, 4) is 11.3 Å². The summed E-state index contributed by atoms with van der Waals surface area (Å²) in [5, 5.41) is 5.25. The van der Waals surface area contributed by atoms with E-state index in [0.717, 1.165) is 29.7 Å². The van der Waals surface area contributed by atoms with Crippen LogP contribution in [0.25, 0.3) is 11.3 Å². The second-order valence-corrected chi connectivity index (χ2v) is 9.88. The summed E-state index contributed by atoms with van der Waals surface area (Å²) in [6, 6.07) is 10.6. The molecule has 2 aromatic heterocycles. The number of carbonyl (C=O) groups is 1. The molecule has 1 N–H and O–H groups in total. The number of aromatic nitrogens is 2. The molecule has 3 heterocycles. The standard InChI is InChI=1S/C21H22N4O3S2/c26-20(24-21-23-19(15-29-21)17-4-3-11-22-14-17)10-7-16-5-8-18(9-6-16)30(27,28)25-12-1-2-13-25/h3-6,8-9,11,14-15H,1-2,7,10,12-13H2,(H,23,24,26). The summed E-state index contributed by atoms with van der Waals surface area (Å²) in [7, 11) is -3.41. The Morgan fingerprint density at radius 3 is 2.60 bits per heavy atom. The molecule has 1 aliphatic heterocycles. The van der Waals surface area contributed by atoms with Gasteiger partial charge in [0, 0.05) is 42.8 Å². The minimum Gasteiger partial charge on any atom is -0.302 e. The molecule has 0 spiro atoms. The molecule has 0 bridgehead atoms. The third kappa shape index (κ3) is 4.75. The molecule has 1 aliphatic rings. The number of rotatable bonds is 7. The number of nitrogens with zero attached hydrogens (tertiary/aromatic N) is 3. The number of pyridine rings is 1. The minimum absolute atomic E-state index is 0.129. The molecule has 4 rings (SSSR count). The number of benzene rings is 1. The van der Waals surface area contributed by atoms with Crippen molar-refractivity contribution in [2.45, 2.75) is 30.6 Å². The quantitative estimate of drug-likeness (QED) is 0.604. The summed E-state index contributed by atoms with van der Waals surface area (Å²) in [5.41, 5.74) is 2.59. The van der Waals surface area contributed by atoms with Crippen LogP contribution in [-0.2, 0) is 21.2 Å². The lowest BCUT2D eigenvalue weighted by molar-refractivity contribution is -0.116. The van der Waals surface area contributed by atoms with Crippen LogP contribution < -0.4 is 5.32 Å². The van der Waals surface area contributed by atoms with E-state index >= 15 is 0 Å². The highest BCUT2D eigenvalue weighted by Gasteiger charge is 2.26. The van der Waals surface area contributed by atoms with Crippen LogP contribution in [-0.4, -0.2) is 41.7 Å². The van der Waals surface area contributed by atoms with Crippen LogP contribution in [0.1, 0.15) is 24.8 Å². The number of aryl methyl sites for hydroxylation is 1. The van der Waals surface area contributed by atoms with Crippen molar-refractivity contribution in [2.24, 2.45) is 0 Å². The summed E-state index contributed by atoms with van der Waals surface area (Å²) in [5.74, 6) is -0.129. The lowest BCUT2D eigenvalue weighted by Crippen LogP contribution is -2.27. The molecule has 0 aliphatic carbocycles. The second kappa shape index (κ2) is 9.03. The van der Waals surface area contributed by atoms with Gasteiger partial charge in [-0.2, -0.15) is 4.31 Å². The van der Waals surface area contributed by atoms with Gasteiger partial charge < -0.3 is 5.32 Å². The predicted octanol–water partition coefficient (Wildman–Crippen LogP) is 3.56. The molecule has 1 fully saturated rings. The third-order valence-corrected chi connectivity index (χ3v) is 7.65. The molecular formula is C21H22N4O3S2. The molecular weight excluding hydrogens is 420 g/mol. The Kier molecular flexibility index (Phi) is 6.21. The van der Waals surface area contributed by atoms with Crippen LogP contribution in [0.3, 0.4) is 0 Å². The molecule has 1 saturated heterocycles. The van der Waals surface area contributed by atoms with Gasteiger partial charge in [-0.15, -0.1) is 11.3 Å². The van der Waals surface area contributed by atoms with E-state index in [1.165, 1.54) is 15.6 Å². The van der Waals surface area contributed by atoms with Crippen molar-refractivity contribution in [1.82, 2.24) is 14.3 Å². The number of sulfonamides is 1. The Morgan fingerprint density at radius 2 is 1.90 bits per heavy atom. The van der Waals surface area contributed by atoms with Crippen molar-refractivity contribution in [1.29, 1.82) is 0 Å². The summed E-state index contributed by atoms with van der Waals surface area (Å²) in [4.78, 5) is 21.1. The van der Waals surface area contributed by atoms with E-state index in [4.69, 9.17) is 0 Å². The van der Waals surface area contributed by atoms with Crippen molar-refractivity contribution in [3.05, 3.63) is 59.7 Å². The minimum atomic E-state index is -3.41. The van der Waals surface area contributed by atoms with E-state index in [9.17, 15) is 13.2 Å². The molecule has 9 heteroatoms. The number of hydrogen-bond acceptors (Lipinski definition) is 6. The van der Waals surface area contributed by atoms with Gasteiger partial charge in [0.2, 0.25) is 15.9 Å². The fourth-order valence-corrected chi connectivity index (χ4v) is 5.58. The average Bonchev–Trinajstić information content (AvgIpc) is 3.46. The van der Waals surface area contributed by atoms with Crippen molar-refractivity contribution in [3.63, 3.8) is 0 Å². The van der Waals surface area contributed by atoms with Crippen LogP contribution in [0.4, 0.5) is 5.13 Å². The van der Waals surface area contributed by atoms with Crippen LogP contribution in [0.2, 0.25) is 0 Å². The van der Waals surface area contributed by atoms with Gasteiger partial charge in [0.05, 0.1) is 10.6 Å². The summed E-state index contributed by atoms with van der Waals surface area (Å²) in [6.07, 6.45) is 6.07. The molecule has 1 aromatic carbocycles. The fourth-order valence-electron chi connectivity index (χ4n) is 3.32. The van der Waals surface area contributed by atoms with Crippen molar-refractivity contribution < 1.29 is 13.2 Å². The topological polar surface area (TPSA) is 92.3 Å². The van der Waals surface area contributed by atoms with Gasteiger partial charge in [0.1, 0.15) is 0 Å². The summed E-state index contributed by atoms with van der Waals surface area (Å²) >= 11 is 1.37. The van der Waals surface area contributed by atoms with Crippen molar-refractivity contribution in [2.75, 3.05) is 18.4 Å². The number of nitrogens with one attached hydrogen (secondary N) is 1. The van der Waals surface area contributed by atoms with Crippen LogP contribution in [0.5, 0.6) is 0 Å². The maximum absolute atomic E-state index is 12.6. The molecule has 7 nitrogen and oxygen atoms in total. The van der Waals surface area contributed by atoms with Crippen molar-refractivity contribution >= 4 is 32.4 Å². The number of amides is 1. The SMILES string of the molecule is O=C(CCc1ccc(S(=O)(=O)N2CCCC2)cc1)Nc1nc(-c2cccnc2)cs1. The predicted molar refractivity (Wildman–Crippen MR) is 117 cm³/mol. The van der Waals surface area contributed by atoms with Gasteiger partial charge in [-0.25, -0.2) is 13.4 Å². The molecule has 3 aromatic rings. The smallest absolute Gasteiger partial charge is 0.243 e. The molecule has 0 saturated carbocycles. The third-order valence-electron chi connectivity index (χ3n) is 4.97. The highest BCUT2D eigenvalue weighted by atomic mass is 32.2. The number of carbonyl (C=O) groups excluding carboxylic acids is 1. The van der Waals surface area contributed by atoms with Gasteiger partial charge in [-0.3, -0.25) is 9.78 Å². The van der Waals surface area contributed by atoms with Gasteiger partial charge in [-0.1, -0.05) is 12.1 Å². The van der Waals surface area contributed by atoms with E-state index in [1.54, 1.807) is 36.7 Å². The lowest BCUT2D eigenvalue weighted by Gasteiger charge is -2.15. The molecule has 156 valence electrons. The Morgan fingerprint density at radius 1 is 1.13 bits per heavy atom. The van der Waals surface area contributed by atoms with Crippen LogP contribution in [0, 0.1) is 0 Å². The van der Waals surface area contributed by atoms with E-state index in [0.29, 0.717) is 36.0 Å².